The summed E-state index contributed by atoms with van der Waals surface area (Å²) in [5.74, 6) is 0. The van der Waals surface area contributed by atoms with Crippen molar-refractivity contribution in [1.82, 2.24) is 0 Å². The van der Waals surface area contributed by atoms with Gasteiger partial charge in [-0.25, -0.2) is 0 Å². The van der Waals surface area contributed by atoms with Crippen LogP contribution in [0.3, 0.4) is 0 Å². The molecule has 0 aromatic heterocycles. The van der Waals surface area contributed by atoms with Crippen LogP contribution in [0.25, 0.3) is 0 Å². The lowest BCUT2D eigenvalue weighted by Gasteiger charge is -2.33. The summed E-state index contributed by atoms with van der Waals surface area (Å²) in [5.41, 5.74) is -0.365. The van der Waals surface area contributed by atoms with Crippen molar-refractivity contribution in [1.29, 1.82) is 0 Å². The molecule has 2 aliphatic rings. The summed E-state index contributed by atoms with van der Waals surface area (Å²) >= 11 is 0. The van der Waals surface area contributed by atoms with E-state index in [1.165, 1.54) is 0 Å². The lowest BCUT2D eigenvalue weighted by Crippen LogP contribution is -2.25. The third-order valence-electron chi connectivity index (χ3n) is 4.28. The molecule has 2 saturated carbocycles. The number of alkyl halides is 3. The summed E-state index contributed by atoms with van der Waals surface area (Å²) in [6.07, 6.45) is 4.03. The van der Waals surface area contributed by atoms with Crippen LogP contribution in [0.4, 0.5) is 13.2 Å². The molecule has 0 radical (unpaired) electrons. The average molecular weight is 328 g/mol. The molecule has 124 valence electrons. The van der Waals surface area contributed by atoms with Crippen molar-refractivity contribution in [3.63, 3.8) is 0 Å². The van der Waals surface area contributed by atoms with Gasteiger partial charge in [0, 0.05) is 0 Å². The van der Waals surface area contributed by atoms with Gasteiger partial charge in [0.1, 0.15) is 0 Å². The van der Waals surface area contributed by atoms with Gasteiger partial charge in [-0.1, -0.05) is 38.5 Å². The zero-order chi connectivity index (χ0) is 15.3. The van der Waals surface area contributed by atoms with Crippen molar-refractivity contribution in [3.8, 4) is 0 Å². The van der Waals surface area contributed by atoms with Crippen LogP contribution in [0.2, 0.25) is 0 Å². The smallest absolute Gasteiger partial charge is 0.305 e. The second-order valence-electron chi connectivity index (χ2n) is 6.09. The fourth-order valence-electron chi connectivity index (χ4n) is 3.16. The van der Waals surface area contributed by atoms with Crippen LogP contribution < -0.4 is 0 Å². The quantitative estimate of drug-likeness (QED) is 0.630. The maximum atomic E-state index is 12.9. The van der Waals surface area contributed by atoms with E-state index < -0.39 is 20.4 Å². The Bertz CT molecular complexity index is 361. The van der Waals surface area contributed by atoms with E-state index in [1.54, 1.807) is 0 Å². The van der Waals surface area contributed by atoms with Gasteiger partial charge in [-0.15, -0.1) is 0 Å². The second-order valence-corrected chi connectivity index (χ2v) is 8.36. The molecule has 0 spiro atoms. The molecule has 1 unspecified atom stereocenters. The third-order valence-corrected chi connectivity index (χ3v) is 6.77. The molecule has 1 atom stereocenters. The minimum atomic E-state index is -4.47. The highest BCUT2D eigenvalue weighted by atomic mass is 31.2. The fraction of sp³-hybridized carbons (Fsp3) is 1.00. The topological polar surface area (TPSA) is 35.5 Å². The molecule has 2 aliphatic carbocycles. The van der Waals surface area contributed by atoms with Crippen LogP contribution >= 0.6 is 7.60 Å². The van der Waals surface area contributed by atoms with E-state index in [4.69, 9.17) is 9.05 Å². The van der Waals surface area contributed by atoms with Crippen LogP contribution in [0.15, 0.2) is 0 Å². The Labute approximate surface area is 124 Å². The lowest BCUT2D eigenvalue weighted by molar-refractivity contribution is -0.156. The van der Waals surface area contributed by atoms with E-state index >= 15 is 0 Å². The SMILES string of the molecule is O=P(OCC(F)(F)F)(OC1CCCCC1)C1CCCCC1. The Kier molecular flexibility index (Phi) is 6.15. The van der Waals surface area contributed by atoms with Crippen molar-refractivity contribution < 1.29 is 26.8 Å². The Morgan fingerprint density at radius 1 is 0.905 bits per heavy atom. The number of rotatable bonds is 5. The van der Waals surface area contributed by atoms with Crippen LogP contribution in [0, 0.1) is 0 Å². The Morgan fingerprint density at radius 2 is 1.43 bits per heavy atom. The molecule has 0 N–H and O–H groups in total. The van der Waals surface area contributed by atoms with Crippen molar-refractivity contribution >= 4 is 7.60 Å². The van der Waals surface area contributed by atoms with E-state index in [0.29, 0.717) is 12.8 Å². The molecule has 0 aromatic carbocycles. The zero-order valence-electron chi connectivity index (χ0n) is 12.2. The fourth-order valence-corrected chi connectivity index (χ4v) is 5.55. The minimum absolute atomic E-state index is 0.209. The second kappa shape index (κ2) is 7.47. The van der Waals surface area contributed by atoms with Crippen LogP contribution in [-0.4, -0.2) is 24.5 Å². The predicted octanol–water partition coefficient (Wildman–Crippen LogP) is 5.44. The summed E-state index contributed by atoms with van der Waals surface area (Å²) in [4.78, 5) is 0. The van der Waals surface area contributed by atoms with Crippen LogP contribution in [0.5, 0.6) is 0 Å². The van der Waals surface area contributed by atoms with Gasteiger partial charge in [-0.3, -0.25) is 9.09 Å². The Hall–Kier alpha value is -0.0600. The van der Waals surface area contributed by atoms with Gasteiger partial charge < -0.3 is 4.52 Å². The van der Waals surface area contributed by atoms with Crippen molar-refractivity contribution in [2.75, 3.05) is 6.61 Å². The van der Waals surface area contributed by atoms with E-state index in [0.717, 1.165) is 51.4 Å². The zero-order valence-corrected chi connectivity index (χ0v) is 13.1. The summed E-state index contributed by atoms with van der Waals surface area (Å²) in [5, 5.41) is 0. The maximum absolute atomic E-state index is 12.9. The molecule has 2 rings (SSSR count). The van der Waals surface area contributed by atoms with Crippen molar-refractivity contribution in [3.05, 3.63) is 0 Å². The molecular weight excluding hydrogens is 304 g/mol. The molecule has 7 heteroatoms. The first-order valence-electron chi connectivity index (χ1n) is 7.88. The minimum Gasteiger partial charge on any atom is -0.305 e. The number of hydrogen-bond acceptors (Lipinski definition) is 3. The van der Waals surface area contributed by atoms with Gasteiger partial charge in [-0.2, -0.15) is 13.2 Å². The average Bonchev–Trinajstić information content (AvgIpc) is 2.47. The highest BCUT2D eigenvalue weighted by Gasteiger charge is 2.42. The monoisotopic (exact) mass is 328 g/mol. The maximum Gasteiger partial charge on any atom is 0.412 e. The van der Waals surface area contributed by atoms with E-state index in [2.05, 4.69) is 0 Å². The summed E-state index contributed by atoms with van der Waals surface area (Å²) in [6.45, 7) is -1.48. The largest absolute Gasteiger partial charge is 0.412 e. The van der Waals surface area contributed by atoms with Gasteiger partial charge in [0.15, 0.2) is 6.61 Å². The molecule has 2 fully saturated rings. The molecule has 0 heterocycles. The van der Waals surface area contributed by atoms with Gasteiger partial charge >= 0.3 is 13.8 Å². The van der Waals surface area contributed by atoms with Gasteiger partial charge in [0.2, 0.25) is 0 Å². The molecule has 0 saturated heterocycles. The summed E-state index contributed by atoms with van der Waals surface area (Å²) < 4.78 is 60.7. The van der Waals surface area contributed by atoms with Crippen LogP contribution in [0.1, 0.15) is 64.2 Å². The Morgan fingerprint density at radius 3 is 1.95 bits per heavy atom. The van der Waals surface area contributed by atoms with E-state index in [1.807, 2.05) is 0 Å². The third kappa shape index (κ3) is 5.57. The molecule has 0 aromatic rings. The first kappa shape index (κ1) is 17.3. The van der Waals surface area contributed by atoms with Crippen molar-refractivity contribution in [2.24, 2.45) is 0 Å². The van der Waals surface area contributed by atoms with Gasteiger partial charge in [0.25, 0.3) is 0 Å². The molecule has 21 heavy (non-hydrogen) atoms. The standard InChI is InChI=1S/C14H24F3O3P/c15-14(16,17)11-19-21(18,13-9-5-2-6-10-13)20-12-7-3-1-4-8-12/h12-13H,1-11H2. The van der Waals surface area contributed by atoms with Crippen molar-refractivity contribution in [2.45, 2.75) is 82.1 Å². The summed E-state index contributed by atoms with van der Waals surface area (Å²) in [7, 11) is -3.68. The number of hydrogen-bond donors (Lipinski definition) is 0. The van der Waals surface area contributed by atoms with Crippen LogP contribution in [-0.2, 0) is 13.6 Å². The molecule has 3 nitrogen and oxygen atoms in total. The van der Waals surface area contributed by atoms with E-state index in [9.17, 15) is 17.7 Å². The van der Waals surface area contributed by atoms with Gasteiger partial charge in [0.05, 0.1) is 11.8 Å². The highest BCUT2D eigenvalue weighted by Crippen LogP contribution is 2.59. The summed E-state index contributed by atoms with van der Waals surface area (Å²) in [6, 6.07) is 0. The molecular formula is C14H24F3O3P. The Balaban J connectivity index is 2.02. The number of halogens is 3. The molecule has 0 aliphatic heterocycles. The normalized spacial score (nSPS) is 25.7. The molecule has 0 amide bonds. The first-order chi connectivity index (χ1) is 9.89. The van der Waals surface area contributed by atoms with Gasteiger partial charge in [-0.05, 0) is 25.7 Å². The molecule has 0 bridgehead atoms. The van der Waals surface area contributed by atoms with E-state index in [-0.39, 0.29) is 11.8 Å². The lowest BCUT2D eigenvalue weighted by atomic mass is 9.98. The first-order valence-corrected chi connectivity index (χ1v) is 9.50. The highest BCUT2D eigenvalue weighted by molar-refractivity contribution is 7.54. The predicted molar refractivity (Wildman–Crippen MR) is 74.4 cm³/mol.